The van der Waals surface area contributed by atoms with E-state index in [-0.39, 0.29) is 53.0 Å². The monoisotopic (exact) mass is 1070 g/mol. The standard InChI is InChI=1S/C72H87N3O5/c73-32-9-15-42-13-6-19-53-60(42)65(77)80-72(53)58-35-43(41-11-1-2-12-41)21-23-51-50-18-5-14-44-33-45-22-24-55-46-34-47-40-75(55)63(45)61(59(44)50)52-25-31-70(72)64(79-66(78)71(58,70)62(51)52)57(76)36-56-48-37-67(26-3-4-27-67)69(38-48)30-10-29-68(69)28-8-17-49(68)16-7-20-54(47)74(56)39-46/h5-6,13,18-19,21,23,41,43-44,46-51,54-56,58-59,61,76H,1-4,8-12,14-15,17,20,22,24-40,73H2/b23-21-,64-57+/t43-,44-,46-,47-,48+,49-,50+,51-,54-,55-,56-,58+,59-,61+,68-,69+,70-,71-,72-/m1/s1. The van der Waals surface area contributed by atoms with Crippen LogP contribution in [-0.2, 0) is 26.3 Å². The molecule has 8 heteroatoms. The first-order chi connectivity index (χ1) is 39.2. The summed E-state index contributed by atoms with van der Waals surface area (Å²) >= 11 is 0. The van der Waals surface area contributed by atoms with Gasteiger partial charge in [-0.05, 0) is 210 Å². The van der Waals surface area contributed by atoms with Gasteiger partial charge in [0.25, 0.3) is 0 Å². The van der Waals surface area contributed by atoms with Crippen LogP contribution in [0.5, 0.6) is 0 Å². The lowest BCUT2D eigenvalue weighted by atomic mass is 9.27. The van der Waals surface area contributed by atoms with Crippen molar-refractivity contribution in [3.05, 3.63) is 93.1 Å². The summed E-state index contributed by atoms with van der Waals surface area (Å²) in [4.78, 5) is 38.7. The Bertz CT molecular complexity index is 3170. The molecular weight excluding hydrogens is 987 g/mol. The average Bonchev–Trinajstić information content (AvgIpc) is 1.38. The van der Waals surface area contributed by atoms with Crippen molar-refractivity contribution in [2.45, 2.75) is 204 Å². The Morgan fingerprint density at radius 1 is 0.800 bits per heavy atom. The fourth-order valence-corrected chi connectivity index (χ4v) is 27.5. The summed E-state index contributed by atoms with van der Waals surface area (Å²) in [7, 11) is 0. The molecule has 10 bridgehead atoms. The Balaban J connectivity index is 0.897. The number of hydrogen-bond acceptors (Lipinski definition) is 8. The zero-order valence-electron chi connectivity index (χ0n) is 47.7. The van der Waals surface area contributed by atoms with Crippen molar-refractivity contribution < 1.29 is 24.2 Å². The molecule has 6 saturated carbocycles. The number of hydrogen-bond donors (Lipinski definition) is 2. The molecule has 8 nitrogen and oxygen atoms in total. The number of carbonyl (C=O) groups is 2. The van der Waals surface area contributed by atoms with E-state index in [1.807, 2.05) is 0 Å². The Hall–Kier alpha value is -4.06. The number of rotatable bonds is 4. The molecule has 0 radical (unpaired) electrons. The topological polar surface area (TPSA) is 105 Å². The van der Waals surface area contributed by atoms with Crippen LogP contribution in [0.4, 0.5) is 0 Å². The summed E-state index contributed by atoms with van der Waals surface area (Å²) < 4.78 is 15.0. The Labute approximate surface area is 475 Å². The minimum atomic E-state index is -1.17. The van der Waals surface area contributed by atoms with Gasteiger partial charge in [0.05, 0.1) is 11.0 Å². The van der Waals surface area contributed by atoms with Crippen molar-refractivity contribution in [3.63, 3.8) is 0 Å². The van der Waals surface area contributed by atoms with Gasteiger partial charge in [-0.3, -0.25) is 9.69 Å². The van der Waals surface area contributed by atoms with Crippen LogP contribution in [0.3, 0.4) is 0 Å². The molecule has 19 rings (SSSR count). The van der Waals surface area contributed by atoms with E-state index >= 15 is 9.59 Å². The molecule has 0 amide bonds. The molecule has 420 valence electrons. The zero-order valence-corrected chi connectivity index (χ0v) is 47.7. The van der Waals surface area contributed by atoms with Crippen LogP contribution in [0.25, 0.3) is 0 Å². The maximum atomic E-state index is 17.0. The number of piperidine rings is 2. The van der Waals surface area contributed by atoms with Crippen molar-refractivity contribution in [1.29, 1.82) is 0 Å². The molecule has 11 aliphatic carbocycles. The molecule has 1 aromatic rings. The minimum Gasteiger partial charge on any atom is -0.509 e. The van der Waals surface area contributed by atoms with Crippen LogP contribution in [-0.4, -0.2) is 64.6 Å². The number of benzene rings is 1. The fraction of sp³-hybridized carbons (Fsp3) is 0.722. The molecule has 9 fully saturated rings. The first-order valence-corrected chi connectivity index (χ1v) is 33.7. The number of aliphatic hydroxyl groups excluding tert-OH is 1. The number of nitrogens with zero attached hydrogens (tertiary/aromatic N) is 2. The maximum absolute atomic E-state index is 17.0. The van der Waals surface area contributed by atoms with Gasteiger partial charge in [0, 0.05) is 79.0 Å². The Morgan fingerprint density at radius 3 is 2.56 bits per heavy atom. The van der Waals surface area contributed by atoms with Crippen LogP contribution in [0.1, 0.15) is 195 Å². The molecular formula is C72H87N3O5. The highest BCUT2D eigenvalue weighted by atomic mass is 16.6. The number of esters is 2. The fourth-order valence-electron chi connectivity index (χ4n) is 27.5. The van der Waals surface area contributed by atoms with Crippen molar-refractivity contribution in [1.82, 2.24) is 9.80 Å². The van der Waals surface area contributed by atoms with E-state index in [1.54, 1.807) is 16.8 Å². The van der Waals surface area contributed by atoms with Gasteiger partial charge in [0.1, 0.15) is 11.2 Å². The summed E-state index contributed by atoms with van der Waals surface area (Å²) in [5, 5.41) is 14.3. The molecule has 0 unspecified atom stereocenters. The highest BCUT2D eigenvalue weighted by Crippen LogP contribution is 2.89. The molecule has 80 heavy (non-hydrogen) atoms. The Kier molecular flexibility index (Phi) is 9.92. The number of aliphatic hydroxyl groups is 1. The Morgan fingerprint density at radius 2 is 1.68 bits per heavy atom. The quantitative estimate of drug-likeness (QED) is 0.175. The van der Waals surface area contributed by atoms with Crippen molar-refractivity contribution in [2.75, 3.05) is 19.6 Å². The lowest BCUT2D eigenvalue weighted by Crippen LogP contribution is -2.78. The van der Waals surface area contributed by atoms with E-state index in [0.717, 1.165) is 56.3 Å². The van der Waals surface area contributed by atoms with Crippen LogP contribution in [0.2, 0.25) is 0 Å². The van der Waals surface area contributed by atoms with Gasteiger partial charge in [0.15, 0.2) is 11.4 Å². The van der Waals surface area contributed by atoms with Gasteiger partial charge >= 0.3 is 11.9 Å². The van der Waals surface area contributed by atoms with Crippen LogP contribution in [0, 0.1) is 110 Å². The predicted molar refractivity (Wildman–Crippen MR) is 306 cm³/mol. The number of nitrogens with two attached hydrogens (primary N) is 1. The first-order valence-electron chi connectivity index (χ1n) is 33.7. The number of fused-ring (bicyclic) bond motifs is 9. The van der Waals surface area contributed by atoms with E-state index in [0.29, 0.717) is 107 Å². The molecule has 3 N–H and O–H groups in total. The number of aryl methyl sites for hydroxylation is 1. The molecule has 1 aromatic carbocycles. The number of ether oxygens (including phenoxy) is 2. The van der Waals surface area contributed by atoms with Gasteiger partial charge in [-0.1, -0.05) is 98.1 Å². The van der Waals surface area contributed by atoms with Crippen LogP contribution >= 0.6 is 0 Å². The van der Waals surface area contributed by atoms with Crippen LogP contribution < -0.4 is 5.73 Å². The van der Waals surface area contributed by atoms with Crippen molar-refractivity contribution in [3.8, 4) is 11.8 Å². The lowest BCUT2D eigenvalue weighted by Gasteiger charge is -2.73. The summed E-state index contributed by atoms with van der Waals surface area (Å²) in [6.07, 6.45) is 42.5. The van der Waals surface area contributed by atoms with Gasteiger partial charge in [0.2, 0.25) is 0 Å². The molecule has 7 aliphatic heterocycles. The lowest BCUT2D eigenvalue weighted by molar-refractivity contribution is -0.283. The second-order valence-electron chi connectivity index (χ2n) is 31.1. The van der Waals surface area contributed by atoms with Crippen LogP contribution in [0.15, 0.2) is 76.4 Å². The van der Waals surface area contributed by atoms with Crippen molar-refractivity contribution >= 4 is 11.9 Å². The third kappa shape index (κ3) is 5.40. The molecule has 19 atom stereocenters. The zero-order chi connectivity index (χ0) is 52.9. The van der Waals surface area contributed by atoms with E-state index in [4.69, 9.17) is 15.2 Å². The maximum Gasteiger partial charge on any atom is 0.339 e. The second-order valence-corrected chi connectivity index (χ2v) is 31.1. The molecule has 7 heterocycles. The SMILES string of the molecule is NCCCc1cccc2c1C(=O)O[C@@]21[C@H]2C[C@H](C3CCCC3)/C=C\[C@H]3C4=C5CC[C@]16/C(=C(\O)C[C@@H]1[C@H]7CC8(CCCC8)[C@]8(CCC[C@@]89CCC[C@H]9C#CC[C@@H]8[C@@H]9C[C@H](CN81)[C@H]1CCC8=C([C@@H]5[C@@H]5[C@H](CC=C[C@H]53)C8)N1C9)C7)OC(=O)[C@]426. The van der Waals surface area contributed by atoms with Gasteiger partial charge in [-0.25, -0.2) is 4.79 Å². The highest BCUT2D eigenvalue weighted by molar-refractivity contribution is 6.00. The number of carbonyl (C=O) groups excluding carboxylic acids is 2. The molecule has 0 aromatic heterocycles. The molecule has 6 spiro atoms. The van der Waals surface area contributed by atoms with Gasteiger partial charge in [-0.2, -0.15) is 0 Å². The average molecular weight is 1070 g/mol. The van der Waals surface area contributed by atoms with Crippen molar-refractivity contribution in [2.24, 2.45) is 104 Å². The normalized spacial score (nSPS) is 50.1. The number of allylic oxidation sites excluding steroid dienone is 6. The summed E-state index contributed by atoms with van der Waals surface area (Å²) in [5.74, 6) is 12.8. The van der Waals surface area contributed by atoms with E-state index < -0.39 is 16.4 Å². The van der Waals surface area contributed by atoms with E-state index in [9.17, 15) is 5.11 Å². The molecule has 18 aliphatic rings. The largest absolute Gasteiger partial charge is 0.509 e. The highest BCUT2D eigenvalue weighted by Gasteiger charge is 2.94. The second kappa shape index (κ2) is 16.4. The third-order valence-corrected chi connectivity index (χ3v) is 29.4. The summed E-state index contributed by atoms with van der Waals surface area (Å²) in [6.45, 7) is 2.72. The molecule has 3 saturated heterocycles. The van der Waals surface area contributed by atoms with E-state index in [2.05, 4.69) is 64.1 Å². The summed E-state index contributed by atoms with van der Waals surface area (Å²) in [6, 6.07) is 7.43. The smallest absolute Gasteiger partial charge is 0.339 e. The first kappa shape index (κ1) is 48.3. The van der Waals surface area contributed by atoms with Gasteiger partial charge in [-0.15, -0.1) is 5.92 Å². The summed E-state index contributed by atoms with van der Waals surface area (Å²) in [5.41, 5.74) is 12.8. The minimum absolute atomic E-state index is 0.0393. The predicted octanol–water partition coefficient (Wildman–Crippen LogP) is 13.3. The third-order valence-electron chi connectivity index (χ3n) is 29.4. The van der Waals surface area contributed by atoms with E-state index in [1.165, 1.54) is 134 Å². The van der Waals surface area contributed by atoms with Gasteiger partial charge < -0.3 is 25.2 Å².